The van der Waals surface area contributed by atoms with E-state index in [2.05, 4.69) is 14.1 Å². The Kier molecular flexibility index (Phi) is 10.2. The van der Waals surface area contributed by atoms with Crippen molar-refractivity contribution in [3.8, 4) is 0 Å². The summed E-state index contributed by atoms with van der Waals surface area (Å²) in [5.41, 5.74) is 0. The molecule has 0 saturated carbocycles. The van der Waals surface area contributed by atoms with Gasteiger partial charge in [0.25, 0.3) is 0 Å². The molecule has 0 saturated heterocycles. The summed E-state index contributed by atoms with van der Waals surface area (Å²) >= 11 is 0. The van der Waals surface area contributed by atoms with Gasteiger partial charge < -0.3 is 26.8 Å². The predicted octanol–water partition coefficient (Wildman–Crippen LogP) is 2.21. The second kappa shape index (κ2) is 10.2. The van der Waals surface area contributed by atoms with E-state index in [1.54, 1.807) is 28.3 Å². The van der Waals surface area contributed by atoms with Crippen LogP contribution in [0.1, 0.15) is 13.3 Å². The average Bonchev–Trinajstić information content (AvgIpc) is 2.43. The number of rotatable bonds is 13. The molecule has 0 heterocycles. The van der Waals surface area contributed by atoms with Crippen molar-refractivity contribution < 1.29 is 31.4 Å². The Labute approximate surface area is 136 Å². The molecule has 0 radical (unpaired) electrons. The van der Waals surface area contributed by atoms with Crippen LogP contribution in [0.4, 0.5) is 0 Å². The highest BCUT2D eigenvalue weighted by atomic mass is 31.2. The van der Waals surface area contributed by atoms with Crippen LogP contribution in [0.3, 0.4) is 0 Å². The molecule has 0 bridgehead atoms. The van der Waals surface area contributed by atoms with E-state index >= 15 is 0 Å². The molecule has 0 aromatic heterocycles. The molecular formula is C13H33NO6PSi+. The highest BCUT2D eigenvalue weighted by Crippen LogP contribution is 2.43. The van der Waals surface area contributed by atoms with Gasteiger partial charge in [0.05, 0.1) is 27.2 Å². The third kappa shape index (κ3) is 8.74. The molecule has 0 amide bonds. The Morgan fingerprint density at radius 3 is 2.00 bits per heavy atom. The minimum atomic E-state index is -2.91. The molecule has 0 fully saturated rings. The molecule has 7 nitrogen and oxygen atoms in total. The van der Waals surface area contributed by atoms with E-state index in [-0.39, 0.29) is 0 Å². The van der Waals surface area contributed by atoms with Gasteiger partial charge in [-0.1, -0.05) is 0 Å². The van der Waals surface area contributed by atoms with E-state index in [9.17, 15) is 4.57 Å². The van der Waals surface area contributed by atoms with Crippen molar-refractivity contribution in [2.45, 2.75) is 19.4 Å². The van der Waals surface area contributed by atoms with Crippen LogP contribution in [0.5, 0.6) is 0 Å². The first-order valence-electron chi connectivity index (χ1n) is 7.50. The van der Waals surface area contributed by atoms with Crippen molar-refractivity contribution >= 4 is 16.4 Å². The van der Waals surface area contributed by atoms with Gasteiger partial charge in [-0.2, -0.15) is 0 Å². The smallest absolute Gasteiger partial charge is 0.377 e. The van der Waals surface area contributed by atoms with Crippen LogP contribution in [-0.4, -0.2) is 81.7 Å². The van der Waals surface area contributed by atoms with Crippen LogP contribution in [0.25, 0.3) is 0 Å². The summed E-state index contributed by atoms with van der Waals surface area (Å²) in [6, 6.07) is 0.768. The molecule has 0 rings (SSSR count). The van der Waals surface area contributed by atoms with E-state index < -0.39 is 16.4 Å². The van der Waals surface area contributed by atoms with Gasteiger partial charge in [-0.15, -0.1) is 0 Å². The van der Waals surface area contributed by atoms with Crippen LogP contribution in [0, 0.1) is 0 Å². The van der Waals surface area contributed by atoms with Gasteiger partial charge in [-0.3, -0.25) is 4.57 Å². The minimum absolute atomic E-state index is 0.393. The lowest BCUT2D eigenvalue weighted by atomic mass is 10.4. The number of likely N-dealkylation sites (N-methyl/N-ethyl adjacent to an activating group) is 1. The predicted molar refractivity (Wildman–Crippen MR) is 89.2 cm³/mol. The molecule has 22 heavy (non-hydrogen) atoms. The van der Waals surface area contributed by atoms with Crippen LogP contribution in [0.15, 0.2) is 0 Å². The first-order valence-corrected chi connectivity index (χ1v) is 11.4. The minimum Gasteiger partial charge on any atom is -0.377 e. The first kappa shape index (κ1) is 22.2. The summed E-state index contributed by atoms with van der Waals surface area (Å²) in [5, 5.41) is 0. The summed E-state index contributed by atoms with van der Waals surface area (Å²) in [7, 11) is 3.69. The van der Waals surface area contributed by atoms with Crippen LogP contribution in [-0.2, 0) is 26.9 Å². The maximum atomic E-state index is 11.9. The zero-order valence-electron chi connectivity index (χ0n) is 15.1. The molecule has 134 valence electrons. The normalized spacial score (nSPS) is 15.8. The standard InChI is InChI=1S/C13H33NO6PSi/c1-8-19-21(7,15)20-12-11-14(2,3)10-9-13-22(16-4,17-5)18-6/h8-13H2,1-7H3/q+1. The van der Waals surface area contributed by atoms with Crippen molar-refractivity contribution in [1.29, 1.82) is 0 Å². The Morgan fingerprint density at radius 1 is 1.00 bits per heavy atom. The summed E-state index contributed by atoms with van der Waals surface area (Å²) < 4.78 is 39.3. The second-order valence-electron chi connectivity index (χ2n) is 5.80. The molecule has 0 N–H and O–H groups in total. The number of hydrogen-bond acceptors (Lipinski definition) is 6. The topological polar surface area (TPSA) is 63.2 Å². The van der Waals surface area contributed by atoms with Gasteiger partial charge in [0.15, 0.2) is 0 Å². The molecule has 1 unspecified atom stereocenters. The van der Waals surface area contributed by atoms with E-state index in [1.165, 1.54) is 6.66 Å². The quantitative estimate of drug-likeness (QED) is 0.286. The van der Waals surface area contributed by atoms with E-state index in [1.807, 2.05) is 0 Å². The van der Waals surface area contributed by atoms with Gasteiger partial charge in [-0.25, -0.2) is 0 Å². The van der Waals surface area contributed by atoms with E-state index in [4.69, 9.17) is 22.3 Å². The maximum absolute atomic E-state index is 11.9. The molecule has 9 heteroatoms. The number of nitrogens with zero attached hydrogens (tertiary/aromatic N) is 1. The van der Waals surface area contributed by atoms with Gasteiger partial charge in [0, 0.05) is 40.5 Å². The van der Waals surface area contributed by atoms with Gasteiger partial charge >= 0.3 is 16.4 Å². The Bertz CT molecular complexity index is 343. The SMILES string of the molecule is CCOP(C)(=O)OCC[N+](C)(C)CCC[Si](OC)(OC)OC. The van der Waals surface area contributed by atoms with Crippen molar-refractivity contribution in [2.75, 3.05) is 68.4 Å². The molecular weight excluding hydrogens is 325 g/mol. The molecule has 1 atom stereocenters. The second-order valence-corrected chi connectivity index (χ2v) is 11.0. The first-order chi connectivity index (χ1) is 10.2. The summed E-state index contributed by atoms with van der Waals surface area (Å²) in [5.74, 6) is 0. The fourth-order valence-corrected chi connectivity index (χ4v) is 4.78. The highest BCUT2D eigenvalue weighted by Gasteiger charge is 2.37. The van der Waals surface area contributed by atoms with Crippen molar-refractivity contribution in [2.24, 2.45) is 0 Å². The Hall–Kier alpha value is 0.207. The fourth-order valence-electron chi connectivity index (χ4n) is 2.12. The van der Waals surface area contributed by atoms with Gasteiger partial charge in [-0.05, 0) is 6.92 Å². The fraction of sp³-hybridized carbons (Fsp3) is 1.00. The van der Waals surface area contributed by atoms with Gasteiger partial charge in [0.1, 0.15) is 13.2 Å². The van der Waals surface area contributed by atoms with Crippen LogP contribution >= 0.6 is 7.60 Å². The lowest BCUT2D eigenvalue weighted by molar-refractivity contribution is -0.890. The summed E-state index contributed by atoms with van der Waals surface area (Å²) in [4.78, 5) is 0. The largest absolute Gasteiger partial charge is 0.500 e. The van der Waals surface area contributed by atoms with E-state index in [0.717, 1.165) is 30.0 Å². The lowest BCUT2D eigenvalue weighted by Crippen LogP contribution is -2.46. The molecule has 0 spiro atoms. The van der Waals surface area contributed by atoms with Crippen LogP contribution < -0.4 is 0 Å². The van der Waals surface area contributed by atoms with Crippen LogP contribution in [0.2, 0.25) is 6.04 Å². The molecule has 0 aliphatic rings. The zero-order valence-corrected chi connectivity index (χ0v) is 17.0. The molecule has 0 aromatic rings. The third-order valence-electron chi connectivity index (χ3n) is 3.57. The Morgan fingerprint density at radius 2 is 1.55 bits per heavy atom. The maximum Gasteiger partial charge on any atom is 0.500 e. The monoisotopic (exact) mass is 358 g/mol. The van der Waals surface area contributed by atoms with Crippen molar-refractivity contribution in [3.63, 3.8) is 0 Å². The summed E-state index contributed by atoms with van der Waals surface area (Å²) in [6.45, 7) is 5.79. The van der Waals surface area contributed by atoms with E-state index in [0.29, 0.717) is 13.2 Å². The number of hydrogen-bond donors (Lipinski definition) is 0. The number of quaternary nitrogens is 1. The highest BCUT2D eigenvalue weighted by molar-refractivity contribution is 7.52. The molecule has 0 aliphatic carbocycles. The van der Waals surface area contributed by atoms with Gasteiger partial charge in [0.2, 0.25) is 0 Å². The summed E-state index contributed by atoms with van der Waals surface area (Å²) in [6.07, 6.45) is 0.921. The van der Waals surface area contributed by atoms with Crippen molar-refractivity contribution in [1.82, 2.24) is 0 Å². The zero-order chi connectivity index (χ0) is 17.3. The third-order valence-corrected chi connectivity index (χ3v) is 7.78. The molecule has 0 aromatic carbocycles. The van der Waals surface area contributed by atoms with Crippen molar-refractivity contribution in [3.05, 3.63) is 0 Å². The average molecular weight is 358 g/mol. The Balaban J connectivity index is 4.17. The lowest BCUT2D eigenvalue weighted by Gasteiger charge is -2.31. The molecule has 0 aliphatic heterocycles.